The van der Waals surface area contributed by atoms with Gasteiger partial charge in [0.2, 0.25) is 0 Å². The van der Waals surface area contributed by atoms with Crippen LogP contribution in [0.15, 0.2) is 38.9 Å². The molecule has 106 valence electrons. The van der Waals surface area contributed by atoms with Crippen molar-refractivity contribution in [3.63, 3.8) is 0 Å². The molecule has 7 heteroatoms. The lowest BCUT2D eigenvalue weighted by atomic mass is 10.1. The van der Waals surface area contributed by atoms with Gasteiger partial charge in [-0.3, -0.25) is 0 Å². The van der Waals surface area contributed by atoms with Gasteiger partial charge in [0.25, 0.3) is 0 Å². The predicted molar refractivity (Wildman–Crippen MR) is 90.4 cm³/mol. The van der Waals surface area contributed by atoms with Gasteiger partial charge < -0.3 is 15.1 Å². The smallest absolute Gasteiger partial charge is 0.323 e. The zero-order valence-electron chi connectivity index (χ0n) is 10.5. The summed E-state index contributed by atoms with van der Waals surface area (Å²) in [6, 6.07) is 7.69. The van der Waals surface area contributed by atoms with Crippen molar-refractivity contribution in [3.8, 4) is 0 Å². The third kappa shape index (κ3) is 2.17. The number of hydrogen-bond donors (Lipinski definition) is 3. The summed E-state index contributed by atoms with van der Waals surface area (Å²) in [6.45, 7) is 0. The van der Waals surface area contributed by atoms with Gasteiger partial charge in [-0.1, -0.05) is 15.9 Å². The fraction of sp³-hybridized carbons (Fsp3) is 0.0714. The average Bonchev–Trinajstić information content (AvgIpc) is 3.09. The number of rotatable bonds is 2. The van der Waals surface area contributed by atoms with E-state index in [0.29, 0.717) is 5.52 Å². The number of hydrogen-bond acceptors (Lipinski definition) is 4. The van der Waals surface area contributed by atoms with Gasteiger partial charge in [-0.2, -0.15) is 0 Å². The second-order valence-electron chi connectivity index (χ2n) is 4.70. The first-order valence-electron chi connectivity index (χ1n) is 6.18. The minimum absolute atomic E-state index is 0.250. The number of imidazole rings is 1. The van der Waals surface area contributed by atoms with Crippen molar-refractivity contribution in [1.29, 1.82) is 0 Å². The van der Waals surface area contributed by atoms with Crippen molar-refractivity contribution in [2.75, 3.05) is 0 Å². The van der Waals surface area contributed by atoms with Crippen molar-refractivity contribution in [1.82, 2.24) is 9.97 Å². The number of aliphatic hydroxyl groups excluding tert-OH is 1. The third-order valence-corrected chi connectivity index (χ3v) is 6.19. The molecule has 1 atom stereocenters. The quantitative estimate of drug-likeness (QED) is 0.492. The van der Waals surface area contributed by atoms with Gasteiger partial charge in [-0.05, 0) is 29.6 Å². The van der Waals surface area contributed by atoms with Crippen LogP contribution in [-0.2, 0) is 0 Å². The summed E-state index contributed by atoms with van der Waals surface area (Å²) in [5.41, 5.74) is 1.90. The summed E-state index contributed by atoms with van der Waals surface area (Å²) >= 11 is 6.72. The Morgan fingerprint density at radius 2 is 1.90 bits per heavy atom. The van der Waals surface area contributed by atoms with Crippen LogP contribution in [0.3, 0.4) is 0 Å². The molecule has 0 saturated heterocycles. The fourth-order valence-corrected chi connectivity index (χ4v) is 5.04. The van der Waals surface area contributed by atoms with Crippen LogP contribution >= 0.6 is 38.6 Å². The number of thiophene rings is 2. The van der Waals surface area contributed by atoms with Crippen LogP contribution in [0.1, 0.15) is 16.5 Å². The molecule has 1 aromatic carbocycles. The van der Waals surface area contributed by atoms with Crippen LogP contribution in [-0.4, -0.2) is 15.1 Å². The second-order valence-corrected chi connectivity index (χ2v) is 7.62. The molecule has 0 spiro atoms. The Morgan fingerprint density at radius 1 is 1.14 bits per heavy atom. The van der Waals surface area contributed by atoms with Crippen LogP contribution in [0.2, 0.25) is 0 Å². The number of aromatic amines is 2. The Bertz CT molecular complexity index is 982. The van der Waals surface area contributed by atoms with E-state index in [0.717, 1.165) is 20.4 Å². The monoisotopic (exact) mass is 380 g/mol. The van der Waals surface area contributed by atoms with Crippen LogP contribution < -0.4 is 5.69 Å². The van der Waals surface area contributed by atoms with Gasteiger partial charge in [-0.25, -0.2) is 4.79 Å². The molecule has 21 heavy (non-hydrogen) atoms. The molecule has 0 radical (unpaired) electrons. The number of H-pyrrole nitrogens is 2. The van der Waals surface area contributed by atoms with E-state index in [1.807, 2.05) is 17.5 Å². The topological polar surface area (TPSA) is 68.9 Å². The lowest BCUT2D eigenvalue weighted by Crippen LogP contribution is -1.99. The van der Waals surface area contributed by atoms with Crippen molar-refractivity contribution in [2.24, 2.45) is 0 Å². The molecular formula is C14H9BrN2O2S2. The number of nitrogens with one attached hydrogen (secondary N) is 2. The van der Waals surface area contributed by atoms with E-state index in [-0.39, 0.29) is 5.69 Å². The molecule has 0 aliphatic rings. The molecule has 0 bridgehead atoms. The average molecular weight is 381 g/mol. The van der Waals surface area contributed by atoms with E-state index in [1.54, 1.807) is 28.7 Å². The van der Waals surface area contributed by atoms with E-state index in [9.17, 15) is 9.90 Å². The van der Waals surface area contributed by atoms with Gasteiger partial charge in [0.1, 0.15) is 6.10 Å². The van der Waals surface area contributed by atoms with E-state index >= 15 is 0 Å². The highest BCUT2D eigenvalue weighted by molar-refractivity contribution is 9.10. The maximum atomic E-state index is 11.3. The Balaban J connectivity index is 1.85. The van der Waals surface area contributed by atoms with Gasteiger partial charge >= 0.3 is 5.69 Å². The van der Waals surface area contributed by atoms with Gasteiger partial charge in [0, 0.05) is 24.3 Å². The zero-order valence-corrected chi connectivity index (χ0v) is 13.7. The lowest BCUT2D eigenvalue weighted by Gasteiger charge is -2.11. The summed E-state index contributed by atoms with van der Waals surface area (Å²) < 4.78 is 3.14. The molecule has 3 heterocycles. The van der Waals surface area contributed by atoms with Crippen LogP contribution in [0.5, 0.6) is 0 Å². The summed E-state index contributed by atoms with van der Waals surface area (Å²) in [7, 11) is 0. The largest absolute Gasteiger partial charge is 0.383 e. The summed E-state index contributed by atoms with van der Waals surface area (Å²) in [5.74, 6) is 0. The highest BCUT2D eigenvalue weighted by Crippen LogP contribution is 2.38. The molecule has 4 nitrogen and oxygen atoms in total. The molecule has 0 fully saturated rings. The van der Waals surface area contributed by atoms with Gasteiger partial charge in [0.15, 0.2) is 0 Å². The first-order valence-corrected chi connectivity index (χ1v) is 8.67. The standard InChI is InChI=1S/C14H9BrN2O2S2/c15-7-4-9-8(16-14(19)17-9)3-6(7)13(18)12-5-11-10(21-12)1-2-20-11/h1-5,13,18H,(H2,16,17,19). The van der Waals surface area contributed by atoms with E-state index in [1.165, 1.54) is 9.40 Å². The SMILES string of the molecule is O=c1[nH]c2cc(Br)c(C(O)c3cc4sccc4s3)cc2[nH]1. The Kier molecular flexibility index (Phi) is 3.04. The van der Waals surface area contributed by atoms with Crippen LogP contribution in [0, 0.1) is 0 Å². The zero-order chi connectivity index (χ0) is 14.6. The van der Waals surface area contributed by atoms with Crippen molar-refractivity contribution < 1.29 is 5.11 Å². The van der Waals surface area contributed by atoms with Crippen LogP contribution in [0.25, 0.3) is 20.4 Å². The molecule has 1 unspecified atom stereocenters. The first kappa shape index (κ1) is 13.3. The van der Waals surface area contributed by atoms with E-state index in [4.69, 9.17) is 0 Å². The highest BCUT2D eigenvalue weighted by atomic mass is 79.9. The number of aromatic nitrogens is 2. The molecule has 3 aromatic heterocycles. The molecular weight excluding hydrogens is 372 g/mol. The minimum Gasteiger partial charge on any atom is -0.383 e. The van der Waals surface area contributed by atoms with Gasteiger partial charge in [0.05, 0.1) is 11.0 Å². The normalized spacial score (nSPS) is 13.2. The van der Waals surface area contributed by atoms with Crippen molar-refractivity contribution in [2.45, 2.75) is 6.10 Å². The molecule has 4 aromatic rings. The maximum Gasteiger partial charge on any atom is 0.323 e. The molecule has 3 N–H and O–H groups in total. The Hall–Kier alpha value is -1.41. The van der Waals surface area contributed by atoms with Gasteiger partial charge in [-0.15, -0.1) is 22.7 Å². The summed E-state index contributed by atoms with van der Waals surface area (Å²) in [5, 5.41) is 12.7. The summed E-state index contributed by atoms with van der Waals surface area (Å²) in [6.07, 6.45) is -0.716. The first-order chi connectivity index (χ1) is 10.1. The summed E-state index contributed by atoms with van der Waals surface area (Å²) in [4.78, 5) is 17.7. The third-order valence-electron chi connectivity index (χ3n) is 3.36. The Morgan fingerprint density at radius 3 is 2.67 bits per heavy atom. The fourth-order valence-electron chi connectivity index (χ4n) is 2.35. The van der Waals surface area contributed by atoms with E-state index in [2.05, 4.69) is 32.0 Å². The lowest BCUT2D eigenvalue weighted by molar-refractivity contribution is 0.223. The van der Waals surface area contributed by atoms with E-state index < -0.39 is 6.10 Å². The molecule has 0 aliphatic carbocycles. The second kappa shape index (κ2) is 4.81. The molecule has 0 aliphatic heterocycles. The number of aliphatic hydroxyl groups is 1. The number of halogens is 1. The molecule has 0 saturated carbocycles. The maximum absolute atomic E-state index is 11.3. The number of benzene rings is 1. The van der Waals surface area contributed by atoms with Crippen molar-refractivity contribution in [3.05, 3.63) is 55.0 Å². The minimum atomic E-state index is -0.716. The Labute approximate surface area is 135 Å². The number of fused-ring (bicyclic) bond motifs is 2. The predicted octanol–water partition coefficient (Wildman–Crippen LogP) is 3.98. The molecule has 4 rings (SSSR count). The molecule has 0 amide bonds. The highest BCUT2D eigenvalue weighted by Gasteiger charge is 2.18. The van der Waals surface area contributed by atoms with Crippen molar-refractivity contribution >= 4 is 59.0 Å². The van der Waals surface area contributed by atoms with Crippen LogP contribution in [0.4, 0.5) is 0 Å².